The van der Waals surface area contributed by atoms with E-state index in [9.17, 15) is 0 Å². The predicted octanol–water partition coefficient (Wildman–Crippen LogP) is 21.0. The molecule has 0 amide bonds. The van der Waals surface area contributed by atoms with Crippen LogP contribution in [0.1, 0.15) is 33.4 Å². The maximum Gasteiger partial charge on any atom is 0.417 e. The Morgan fingerprint density at radius 2 is 0.709 bits per heavy atom. The van der Waals surface area contributed by atoms with Crippen molar-refractivity contribution >= 4 is 49.3 Å². The molecule has 0 fully saturated rings. The van der Waals surface area contributed by atoms with Crippen LogP contribution in [-0.4, -0.2) is 9.13 Å². The van der Waals surface area contributed by atoms with E-state index < -0.39 is 11.7 Å². The highest BCUT2D eigenvalue weighted by atomic mass is 19.4. The maximum absolute atomic E-state index is 15.3. The van der Waals surface area contributed by atoms with Crippen LogP contribution >= 0.6 is 0 Å². The fraction of sp³-hybridized carbons (Fsp3) is 0.0822. The van der Waals surface area contributed by atoms with Crippen molar-refractivity contribution in [1.82, 2.24) is 9.13 Å². The van der Waals surface area contributed by atoms with E-state index in [2.05, 4.69) is 212 Å². The molecular formula is C73H52F3N3. The first-order chi connectivity index (χ1) is 38.3. The third-order valence-electron chi connectivity index (χ3n) is 15.7. The van der Waals surface area contributed by atoms with Crippen molar-refractivity contribution in [3.8, 4) is 78.1 Å². The molecule has 2 heterocycles. The third kappa shape index (κ3) is 8.56. The lowest BCUT2D eigenvalue weighted by Crippen LogP contribution is -2.08. The van der Waals surface area contributed by atoms with Crippen molar-refractivity contribution in [2.75, 3.05) is 0 Å². The second-order valence-electron chi connectivity index (χ2n) is 21.1. The number of alkyl halides is 3. The summed E-state index contributed by atoms with van der Waals surface area (Å²) in [5, 5.41) is 4.10. The molecule has 11 aromatic carbocycles. The number of benzene rings is 11. The molecule has 0 aliphatic heterocycles. The molecule has 0 radical (unpaired) electrons. The Morgan fingerprint density at radius 3 is 1.10 bits per heavy atom. The van der Waals surface area contributed by atoms with Gasteiger partial charge in [0.05, 0.1) is 39.9 Å². The average Bonchev–Trinajstić information content (AvgIpc) is 3.97. The summed E-state index contributed by atoms with van der Waals surface area (Å²) in [6.45, 7) is 19.1. The Balaban J connectivity index is 1.14. The molecular weight excluding hydrogens is 976 g/mol. The molecule has 0 saturated heterocycles. The molecule has 380 valence electrons. The summed E-state index contributed by atoms with van der Waals surface area (Å²) < 4.78 is 50.3. The first-order valence-corrected chi connectivity index (χ1v) is 26.6. The lowest BCUT2D eigenvalue weighted by molar-refractivity contribution is -0.137. The van der Waals surface area contributed by atoms with Gasteiger partial charge in [-0.05, 0) is 174 Å². The third-order valence-corrected chi connectivity index (χ3v) is 15.7. The number of rotatable bonds is 8. The second kappa shape index (κ2) is 19.1. The van der Waals surface area contributed by atoms with Gasteiger partial charge >= 0.3 is 6.18 Å². The van der Waals surface area contributed by atoms with Crippen molar-refractivity contribution < 1.29 is 13.2 Å². The Morgan fingerprint density at radius 1 is 0.342 bits per heavy atom. The summed E-state index contributed by atoms with van der Waals surface area (Å²) in [4.78, 5) is 4.28. The van der Waals surface area contributed by atoms with Gasteiger partial charge in [-0.15, -0.1) is 0 Å². The molecule has 0 spiro atoms. The lowest BCUT2D eigenvalue weighted by atomic mass is 9.90. The van der Waals surface area contributed by atoms with E-state index in [0.29, 0.717) is 27.9 Å². The highest BCUT2D eigenvalue weighted by Gasteiger charge is 2.35. The van der Waals surface area contributed by atoms with Gasteiger partial charge in [-0.2, -0.15) is 13.2 Å². The Bertz CT molecular complexity index is 4470. The van der Waals surface area contributed by atoms with Gasteiger partial charge in [0.15, 0.2) is 5.69 Å². The van der Waals surface area contributed by atoms with Crippen LogP contribution in [0, 0.1) is 41.2 Å². The summed E-state index contributed by atoms with van der Waals surface area (Å²) in [6.07, 6.45) is -4.63. The Hall–Kier alpha value is -9.70. The van der Waals surface area contributed by atoms with Crippen molar-refractivity contribution in [3.63, 3.8) is 0 Å². The van der Waals surface area contributed by atoms with E-state index in [-0.39, 0.29) is 5.56 Å². The van der Waals surface area contributed by atoms with E-state index in [0.717, 1.165) is 128 Å². The SMILES string of the molecule is [C-]#[N+]c1cccc(-n2c3ccc(-c4cccc(C)c4)cc3c3cc(-c4cccc(C)c4)ccc32)c1-c1cc(-c2c(C)cccc2C(F)(F)F)ccc1-n1c2ccc(-c3cccc(C)c3)cc2c2cc(-c3cccc(C)c3)ccc21. The van der Waals surface area contributed by atoms with Gasteiger partial charge in [0, 0.05) is 32.8 Å². The summed E-state index contributed by atoms with van der Waals surface area (Å²) in [5.41, 5.74) is 20.3. The zero-order valence-corrected chi connectivity index (χ0v) is 44.3. The monoisotopic (exact) mass is 1030 g/mol. The standard InChI is InChI=1S/C73H52F3N3/c1-44-13-7-18-49(35-44)53-25-30-65-58(39-53)59-40-54(50-19-8-14-45(2)36-50)26-31-66(59)78(65)69-34-29-57(71-48(5)17-11-22-63(71)73(74,75)76)43-62(69)72-64(77-6)23-12-24-70(72)79-67-32-27-55(51-20-9-15-46(3)37-51)41-60(67)61-42-56(28-33-68(61)79)52-21-10-16-47(4)38-52/h7-43H,1-5H3. The van der Waals surface area contributed by atoms with Gasteiger partial charge in [-0.1, -0.05) is 174 Å². The van der Waals surface area contributed by atoms with Crippen molar-refractivity contribution in [2.24, 2.45) is 0 Å². The van der Waals surface area contributed by atoms with Gasteiger partial charge in [0.2, 0.25) is 0 Å². The predicted molar refractivity (Wildman–Crippen MR) is 323 cm³/mol. The van der Waals surface area contributed by atoms with E-state index >= 15 is 13.2 Å². The molecule has 6 heteroatoms. The van der Waals surface area contributed by atoms with Crippen LogP contribution < -0.4 is 0 Å². The highest BCUT2D eigenvalue weighted by Crippen LogP contribution is 2.49. The van der Waals surface area contributed by atoms with Crippen LogP contribution in [0.25, 0.3) is 127 Å². The van der Waals surface area contributed by atoms with Gasteiger partial charge in [0.25, 0.3) is 0 Å². The van der Waals surface area contributed by atoms with Crippen molar-refractivity contribution in [2.45, 2.75) is 40.8 Å². The molecule has 3 nitrogen and oxygen atoms in total. The minimum atomic E-state index is -4.63. The number of hydrogen-bond acceptors (Lipinski definition) is 0. The molecule has 0 saturated carbocycles. The molecule has 79 heavy (non-hydrogen) atoms. The Labute approximate surface area is 457 Å². The van der Waals surface area contributed by atoms with Crippen LogP contribution in [0.2, 0.25) is 0 Å². The van der Waals surface area contributed by atoms with E-state index in [1.54, 1.807) is 13.0 Å². The first-order valence-electron chi connectivity index (χ1n) is 26.6. The molecule has 2 aromatic heterocycles. The molecule has 0 unspecified atom stereocenters. The zero-order valence-electron chi connectivity index (χ0n) is 44.3. The summed E-state index contributed by atoms with van der Waals surface area (Å²) in [7, 11) is 0. The van der Waals surface area contributed by atoms with Crippen LogP contribution in [0.15, 0.2) is 224 Å². The van der Waals surface area contributed by atoms with E-state index in [1.807, 2.05) is 36.4 Å². The highest BCUT2D eigenvalue weighted by molar-refractivity contribution is 6.14. The van der Waals surface area contributed by atoms with Crippen molar-refractivity contribution in [1.29, 1.82) is 0 Å². The first kappa shape index (κ1) is 48.9. The number of halogens is 3. The Kier molecular flexibility index (Phi) is 11.8. The molecule has 0 bridgehead atoms. The van der Waals surface area contributed by atoms with Crippen LogP contribution in [-0.2, 0) is 6.18 Å². The lowest BCUT2D eigenvalue weighted by Gasteiger charge is -2.22. The fourth-order valence-corrected chi connectivity index (χ4v) is 12.0. The number of hydrogen-bond donors (Lipinski definition) is 0. The van der Waals surface area contributed by atoms with Crippen LogP contribution in [0.3, 0.4) is 0 Å². The molecule has 0 aliphatic rings. The number of nitrogens with zero attached hydrogens (tertiary/aromatic N) is 3. The van der Waals surface area contributed by atoms with Gasteiger partial charge in [0.1, 0.15) is 0 Å². The summed E-state index contributed by atoms with van der Waals surface area (Å²) in [6, 6.07) is 76.2. The van der Waals surface area contributed by atoms with Gasteiger partial charge < -0.3 is 9.13 Å². The normalized spacial score (nSPS) is 11.8. The second-order valence-corrected chi connectivity index (χ2v) is 21.1. The van der Waals surface area contributed by atoms with Crippen molar-refractivity contribution in [3.05, 3.63) is 269 Å². The van der Waals surface area contributed by atoms with Crippen LogP contribution in [0.4, 0.5) is 18.9 Å². The minimum absolute atomic E-state index is 0.0988. The number of aromatic nitrogens is 2. The van der Waals surface area contributed by atoms with E-state index in [4.69, 9.17) is 6.57 Å². The topological polar surface area (TPSA) is 14.2 Å². The van der Waals surface area contributed by atoms with Gasteiger partial charge in [-0.3, -0.25) is 0 Å². The summed E-state index contributed by atoms with van der Waals surface area (Å²) in [5.74, 6) is 0. The quantitative estimate of drug-likeness (QED) is 0.135. The van der Waals surface area contributed by atoms with E-state index in [1.165, 1.54) is 6.07 Å². The molecule has 0 aliphatic carbocycles. The zero-order chi connectivity index (χ0) is 54.3. The molecule has 0 N–H and O–H groups in total. The average molecular weight is 1030 g/mol. The molecule has 13 aromatic rings. The maximum atomic E-state index is 15.3. The number of fused-ring (bicyclic) bond motifs is 6. The van der Waals surface area contributed by atoms with Crippen LogP contribution in [0.5, 0.6) is 0 Å². The fourth-order valence-electron chi connectivity index (χ4n) is 12.0. The number of aryl methyl sites for hydroxylation is 5. The molecule has 0 atom stereocenters. The van der Waals surface area contributed by atoms with Gasteiger partial charge in [-0.25, -0.2) is 4.85 Å². The summed E-state index contributed by atoms with van der Waals surface area (Å²) >= 11 is 0. The minimum Gasteiger partial charge on any atom is -0.310 e. The largest absolute Gasteiger partial charge is 0.417 e. The molecule has 13 rings (SSSR count). The smallest absolute Gasteiger partial charge is 0.310 e.